The molecule has 3 amide bonds. The van der Waals surface area contributed by atoms with Gasteiger partial charge in [-0.2, -0.15) is 0 Å². The van der Waals surface area contributed by atoms with Crippen LogP contribution in [0, 0.1) is 5.92 Å². The van der Waals surface area contributed by atoms with E-state index in [0.29, 0.717) is 11.3 Å². The van der Waals surface area contributed by atoms with Crippen LogP contribution >= 0.6 is 11.8 Å². The minimum atomic E-state index is -3.04. The fourth-order valence-electron chi connectivity index (χ4n) is 2.64. The molecule has 0 radical (unpaired) electrons. The van der Waals surface area contributed by atoms with E-state index in [4.69, 9.17) is 10.5 Å². The number of esters is 1. The highest BCUT2D eigenvalue weighted by Gasteiger charge is 2.31. The SMILES string of the molecule is CC(C)[C@H](OC(=O)c1ccccc1S[C@H]1CCS(=O)(=O)C1)C(=O)NC(N)=O. The molecule has 0 aromatic heterocycles. The van der Waals surface area contributed by atoms with Crippen LogP contribution in [0.15, 0.2) is 29.2 Å². The van der Waals surface area contributed by atoms with Crippen LogP contribution in [0.3, 0.4) is 0 Å². The Labute approximate surface area is 162 Å². The van der Waals surface area contributed by atoms with Gasteiger partial charge in [0, 0.05) is 10.1 Å². The summed E-state index contributed by atoms with van der Waals surface area (Å²) in [4.78, 5) is 36.1. The molecule has 1 aromatic carbocycles. The van der Waals surface area contributed by atoms with Crippen LogP contribution in [0.25, 0.3) is 0 Å². The number of amides is 3. The quantitative estimate of drug-likeness (QED) is 0.671. The van der Waals surface area contributed by atoms with Crippen LogP contribution < -0.4 is 11.1 Å². The molecule has 3 N–H and O–H groups in total. The summed E-state index contributed by atoms with van der Waals surface area (Å²) in [5.74, 6) is -1.69. The lowest BCUT2D eigenvalue weighted by molar-refractivity contribution is -0.130. The fourth-order valence-corrected chi connectivity index (χ4v) is 6.25. The molecule has 0 saturated carbocycles. The maximum atomic E-state index is 12.6. The molecule has 1 aromatic rings. The molecule has 1 fully saturated rings. The van der Waals surface area contributed by atoms with Crippen molar-refractivity contribution in [1.82, 2.24) is 5.32 Å². The highest BCUT2D eigenvalue weighted by molar-refractivity contribution is 8.02. The number of carbonyl (C=O) groups excluding carboxylic acids is 3. The number of carbonyl (C=O) groups is 3. The molecule has 1 saturated heterocycles. The zero-order valence-corrected chi connectivity index (χ0v) is 16.6. The Morgan fingerprint density at radius 3 is 2.48 bits per heavy atom. The summed E-state index contributed by atoms with van der Waals surface area (Å²) < 4.78 is 28.6. The summed E-state index contributed by atoms with van der Waals surface area (Å²) in [5, 5.41) is 1.78. The van der Waals surface area contributed by atoms with Gasteiger partial charge in [0.05, 0.1) is 17.1 Å². The second-order valence-electron chi connectivity index (χ2n) is 6.56. The van der Waals surface area contributed by atoms with E-state index in [1.807, 2.05) is 5.32 Å². The zero-order valence-electron chi connectivity index (χ0n) is 15.0. The van der Waals surface area contributed by atoms with Gasteiger partial charge in [-0.3, -0.25) is 10.1 Å². The van der Waals surface area contributed by atoms with Gasteiger partial charge in [-0.1, -0.05) is 26.0 Å². The molecular weight excluding hydrogens is 392 g/mol. The Kier molecular flexibility index (Phi) is 6.88. The molecule has 10 heteroatoms. The van der Waals surface area contributed by atoms with Crippen molar-refractivity contribution in [2.45, 2.75) is 36.5 Å². The number of ether oxygens (including phenoxy) is 1. The summed E-state index contributed by atoms with van der Waals surface area (Å²) in [5.41, 5.74) is 5.19. The van der Waals surface area contributed by atoms with Crippen molar-refractivity contribution in [3.05, 3.63) is 29.8 Å². The second-order valence-corrected chi connectivity index (χ2v) is 10.1. The number of sulfone groups is 1. The zero-order chi connectivity index (χ0) is 20.2. The smallest absolute Gasteiger partial charge is 0.340 e. The predicted octanol–water partition coefficient (Wildman–Crippen LogP) is 1.34. The number of urea groups is 1. The van der Waals surface area contributed by atoms with E-state index in [2.05, 4.69) is 0 Å². The molecular formula is C17H22N2O6S2. The largest absolute Gasteiger partial charge is 0.448 e. The summed E-state index contributed by atoms with van der Waals surface area (Å²) in [6, 6.07) is 5.62. The highest BCUT2D eigenvalue weighted by atomic mass is 32.2. The Morgan fingerprint density at radius 2 is 1.93 bits per heavy atom. The average molecular weight is 415 g/mol. The third-order valence-corrected chi connectivity index (χ3v) is 7.26. The number of imide groups is 1. The van der Waals surface area contributed by atoms with Crippen LogP contribution in [0.1, 0.15) is 30.6 Å². The summed E-state index contributed by atoms with van der Waals surface area (Å²) in [6.07, 6.45) is -0.665. The van der Waals surface area contributed by atoms with Crippen molar-refractivity contribution in [3.63, 3.8) is 0 Å². The number of hydrogen-bond donors (Lipinski definition) is 2. The van der Waals surface area contributed by atoms with Crippen molar-refractivity contribution < 1.29 is 27.5 Å². The Hall–Kier alpha value is -2.07. The molecule has 27 heavy (non-hydrogen) atoms. The predicted molar refractivity (Wildman–Crippen MR) is 101 cm³/mol. The van der Waals surface area contributed by atoms with E-state index >= 15 is 0 Å². The van der Waals surface area contributed by atoms with Crippen molar-refractivity contribution >= 4 is 39.5 Å². The normalized spacial score (nSPS) is 19.4. The lowest BCUT2D eigenvalue weighted by atomic mass is 10.1. The number of primary amides is 1. The number of nitrogens with one attached hydrogen (secondary N) is 1. The maximum Gasteiger partial charge on any atom is 0.340 e. The van der Waals surface area contributed by atoms with Crippen LogP contribution in [0.2, 0.25) is 0 Å². The van der Waals surface area contributed by atoms with Crippen LogP contribution in [-0.4, -0.2) is 49.2 Å². The van der Waals surface area contributed by atoms with Crippen molar-refractivity contribution in [2.24, 2.45) is 11.7 Å². The van der Waals surface area contributed by atoms with Gasteiger partial charge in [0.15, 0.2) is 15.9 Å². The van der Waals surface area contributed by atoms with Gasteiger partial charge in [-0.15, -0.1) is 11.8 Å². The summed E-state index contributed by atoms with van der Waals surface area (Å²) in [7, 11) is -3.04. The maximum absolute atomic E-state index is 12.6. The number of benzene rings is 1. The average Bonchev–Trinajstić information content (AvgIpc) is 2.90. The number of thioether (sulfide) groups is 1. The monoisotopic (exact) mass is 414 g/mol. The first kappa shape index (κ1) is 21.2. The van der Waals surface area contributed by atoms with Gasteiger partial charge in [0.1, 0.15) is 0 Å². The van der Waals surface area contributed by atoms with E-state index in [0.717, 1.165) is 0 Å². The van der Waals surface area contributed by atoms with Crippen LogP contribution in [0.4, 0.5) is 4.79 Å². The minimum absolute atomic E-state index is 0.0662. The van der Waals surface area contributed by atoms with Crippen LogP contribution in [0.5, 0.6) is 0 Å². The molecule has 0 spiro atoms. The van der Waals surface area contributed by atoms with E-state index in [1.54, 1.807) is 38.1 Å². The molecule has 148 valence electrons. The molecule has 1 aliphatic rings. The Bertz CT molecular complexity index is 838. The van der Waals surface area contributed by atoms with Crippen LogP contribution in [-0.2, 0) is 19.4 Å². The summed E-state index contributed by atoms with van der Waals surface area (Å²) >= 11 is 1.31. The van der Waals surface area contributed by atoms with Crippen molar-refractivity contribution in [2.75, 3.05) is 11.5 Å². The first-order valence-electron chi connectivity index (χ1n) is 8.36. The lowest BCUT2D eigenvalue weighted by Gasteiger charge is -2.20. The van der Waals surface area contributed by atoms with Gasteiger partial charge in [0.2, 0.25) is 0 Å². The minimum Gasteiger partial charge on any atom is -0.448 e. The lowest BCUT2D eigenvalue weighted by Crippen LogP contribution is -2.45. The highest BCUT2D eigenvalue weighted by Crippen LogP contribution is 2.33. The van der Waals surface area contributed by atoms with Gasteiger partial charge in [-0.05, 0) is 24.5 Å². The Balaban J connectivity index is 2.16. The molecule has 0 unspecified atom stereocenters. The van der Waals surface area contributed by atoms with Gasteiger partial charge < -0.3 is 10.5 Å². The molecule has 0 bridgehead atoms. The van der Waals surface area contributed by atoms with Gasteiger partial charge >= 0.3 is 12.0 Å². The first-order chi connectivity index (χ1) is 12.6. The molecule has 8 nitrogen and oxygen atoms in total. The molecule has 0 aliphatic carbocycles. The standard InChI is InChI=1S/C17H22N2O6S2/c1-10(2)14(15(20)19-17(18)22)25-16(21)12-5-3-4-6-13(12)26-11-7-8-27(23,24)9-11/h3-6,10-11,14H,7-9H2,1-2H3,(H3,18,19,20,22)/t11-,14-/m0/s1. The van der Waals surface area contributed by atoms with E-state index in [1.165, 1.54) is 11.8 Å². The topological polar surface area (TPSA) is 133 Å². The molecule has 2 atom stereocenters. The van der Waals surface area contributed by atoms with E-state index < -0.39 is 33.8 Å². The molecule has 1 aliphatic heterocycles. The van der Waals surface area contributed by atoms with E-state index in [-0.39, 0.29) is 28.2 Å². The molecule has 1 heterocycles. The third-order valence-electron chi connectivity index (χ3n) is 3.94. The van der Waals surface area contributed by atoms with Crippen molar-refractivity contribution in [1.29, 1.82) is 0 Å². The molecule has 2 rings (SSSR count). The first-order valence-corrected chi connectivity index (χ1v) is 11.1. The van der Waals surface area contributed by atoms with Gasteiger partial charge in [0.25, 0.3) is 5.91 Å². The van der Waals surface area contributed by atoms with Crippen molar-refractivity contribution in [3.8, 4) is 0 Å². The fraction of sp³-hybridized carbons (Fsp3) is 0.471. The Morgan fingerprint density at radius 1 is 1.26 bits per heavy atom. The van der Waals surface area contributed by atoms with E-state index in [9.17, 15) is 22.8 Å². The summed E-state index contributed by atoms with van der Waals surface area (Å²) in [6.45, 7) is 3.34. The second kappa shape index (κ2) is 8.75. The number of nitrogens with two attached hydrogens (primary N) is 1. The third kappa shape index (κ3) is 5.96. The number of hydrogen-bond acceptors (Lipinski definition) is 7. The van der Waals surface area contributed by atoms with Gasteiger partial charge in [-0.25, -0.2) is 18.0 Å². The number of rotatable bonds is 6.